The molecule has 0 unspecified atom stereocenters. The molecule has 16 heavy (non-hydrogen) atoms. The summed E-state index contributed by atoms with van der Waals surface area (Å²) in [5.41, 5.74) is 1.24. The highest BCUT2D eigenvalue weighted by atomic mass is 16.5. The highest BCUT2D eigenvalue weighted by Crippen LogP contribution is 2.33. The molecule has 0 saturated heterocycles. The number of anilines is 1. The molecule has 0 aromatic carbocycles. The standard InChI is InChI=1S/C13H20N2O/c1-9(2)10-7-12(16-11-5-6-11)13(14-8-10)15(3)4/h7-9,11H,5-6H2,1-4H3. The zero-order valence-corrected chi connectivity index (χ0v) is 10.5. The average molecular weight is 220 g/mol. The summed E-state index contributed by atoms with van der Waals surface area (Å²) in [7, 11) is 3.99. The van der Waals surface area contributed by atoms with Gasteiger partial charge < -0.3 is 9.64 Å². The minimum atomic E-state index is 0.419. The van der Waals surface area contributed by atoms with Gasteiger partial charge in [0.15, 0.2) is 11.6 Å². The van der Waals surface area contributed by atoms with Crippen LogP contribution >= 0.6 is 0 Å². The van der Waals surface area contributed by atoms with Gasteiger partial charge in [0.05, 0.1) is 6.10 Å². The van der Waals surface area contributed by atoms with E-state index in [1.54, 1.807) is 0 Å². The predicted octanol–water partition coefficient (Wildman–Crippen LogP) is 2.81. The Morgan fingerprint density at radius 1 is 1.38 bits per heavy atom. The lowest BCUT2D eigenvalue weighted by Crippen LogP contribution is -2.13. The molecule has 88 valence electrons. The predicted molar refractivity (Wildman–Crippen MR) is 66.3 cm³/mol. The maximum absolute atomic E-state index is 5.90. The first-order valence-corrected chi connectivity index (χ1v) is 5.92. The number of pyridine rings is 1. The molecule has 1 aromatic rings. The van der Waals surface area contributed by atoms with E-state index in [1.165, 1.54) is 18.4 Å². The van der Waals surface area contributed by atoms with Crippen molar-refractivity contribution in [1.29, 1.82) is 0 Å². The Morgan fingerprint density at radius 2 is 2.06 bits per heavy atom. The Morgan fingerprint density at radius 3 is 2.56 bits per heavy atom. The van der Waals surface area contributed by atoms with Gasteiger partial charge in [-0.1, -0.05) is 13.8 Å². The van der Waals surface area contributed by atoms with Crippen molar-refractivity contribution in [3.8, 4) is 5.75 Å². The van der Waals surface area contributed by atoms with Crippen LogP contribution in [-0.2, 0) is 0 Å². The Labute approximate surface area is 97.4 Å². The lowest BCUT2D eigenvalue weighted by atomic mass is 10.1. The summed E-state index contributed by atoms with van der Waals surface area (Å²) in [5, 5.41) is 0. The molecule has 1 aliphatic rings. The molecule has 3 heteroatoms. The highest BCUT2D eigenvalue weighted by Gasteiger charge is 2.25. The number of nitrogens with zero attached hydrogens (tertiary/aromatic N) is 2. The number of rotatable bonds is 4. The van der Waals surface area contributed by atoms with E-state index in [1.807, 2.05) is 25.2 Å². The van der Waals surface area contributed by atoms with Gasteiger partial charge in [-0.25, -0.2) is 4.98 Å². The van der Waals surface area contributed by atoms with Gasteiger partial charge in [0.25, 0.3) is 0 Å². The summed E-state index contributed by atoms with van der Waals surface area (Å²) in [6, 6.07) is 2.13. The maximum Gasteiger partial charge on any atom is 0.170 e. The molecule has 0 bridgehead atoms. The molecule has 0 aliphatic heterocycles. The molecular formula is C13H20N2O. The van der Waals surface area contributed by atoms with Gasteiger partial charge in [0, 0.05) is 20.3 Å². The third-order valence-electron chi connectivity index (χ3n) is 2.76. The van der Waals surface area contributed by atoms with Crippen molar-refractivity contribution in [3.63, 3.8) is 0 Å². The minimum Gasteiger partial charge on any atom is -0.487 e. The molecule has 1 saturated carbocycles. The molecule has 0 spiro atoms. The van der Waals surface area contributed by atoms with E-state index in [0.717, 1.165) is 11.6 Å². The molecule has 1 fully saturated rings. The van der Waals surface area contributed by atoms with Crippen molar-refractivity contribution in [2.75, 3.05) is 19.0 Å². The largest absolute Gasteiger partial charge is 0.487 e. The van der Waals surface area contributed by atoms with Crippen LogP contribution in [0.2, 0.25) is 0 Å². The Kier molecular flexibility index (Phi) is 3.03. The van der Waals surface area contributed by atoms with Gasteiger partial charge in [-0.3, -0.25) is 0 Å². The number of hydrogen-bond acceptors (Lipinski definition) is 3. The van der Waals surface area contributed by atoms with E-state index >= 15 is 0 Å². The molecule has 1 aromatic heterocycles. The number of aromatic nitrogens is 1. The Hall–Kier alpha value is -1.25. The van der Waals surface area contributed by atoms with Crippen LogP contribution in [0.3, 0.4) is 0 Å². The molecule has 0 atom stereocenters. The highest BCUT2D eigenvalue weighted by molar-refractivity contribution is 5.53. The van der Waals surface area contributed by atoms with E-state index in [0.29, 0.717) is 12.0 Å². The lowest BCUT2D eigenvalue weighted by molar-refractivity contribution is 0.302. The first kappa shape index (κ1) is 11.2. The molecule has 1 heterocycles. The summed E-state index contributed by atoms with van der Waals surface area (Å²) >= 11 is 0. The summed E-state index contributed by atoms with van der Waals surface area (Å²) in [6.07, 6.45) is 4.72. The fourth-order valence-corrected chi connectivity index (χ4v) is 1.56. The number of ether oxygens (including phenoxy) is 1. The smallest absolute Gasteiger partial charge is 0.170 e. The average Bonchev–Trinajstić information content (AvgIpc) is 3.01. The fourth-order valence-electron chi connectivity index (χ4n) is 1.56. The zero-order chi connectivity index (χ0) is 11.7. The molecule has 0 N–H and O–H groups in total. The monoisotopic (exact) mass is 220 g/mol. The quantitative estimate of drug-likeness (QED) is 0.780. The van der Waals surface area contributed by atoms with Gasteiger partial charge in [0.2, 0.25) is 0 Å². The van der Waals surface area contributed by atoms with Crippen LogP contribution < -0.4 is 9.64 Å². The summed E-state index contributed by atoms with van der Waals surface area (Å²) in [5.74, 6) is 2.35. The molecular weight excluding hydrogens is 200 g/mol. The van der Waals surface area contributed by atoms with Gasteiger partial charge in [-0.05, 0) is 30.4 Å². The fraction of sp³-hybridized carbons (Fsp3) is 0.615. The van der Waals surface area contributed by atoms with Crippen molar-refractivity contribution in [2.24, 2.45) is 0 Å². The van der Waals surface area contributed by atoms with Crippen molar-refractivity contribution < 1.29 is 4.74 Å². The SMILES string of the molecule is CC(C)c1cnc(N(C)C)c(OC2CC2)c1. The molecule has 2 rings (SSSR count). The lowest BCUT2D eigenvalue weighted by Gasteiger charge is -2.18. The van der Waals surface area contributed by atoms with Crippen LogP contribution in [0.4, 0.5) is 5.82 Å². The zero-order valence-electron chi connectivity index (χ0n) is 10.5. The summed E-state index contributed by atoms with van der Waals surface area (Å²) in [6.45, 7) is 4.35. The third kappa shape index (κ3) is 2.46. The normalized spacial score (nSPS) is 15.3. The molecule has 0 amide bonds. The van der Waals surface area contributed by atoms with Crippen molar-refractivity contribution in [2.45, 2.75) is 38.7 Å². The van der Waals surface area contributed by atoms with E-state index in [2.05, 4.69) is 24.9 Å². The van der Waals surface area contributed by atoms with Crippen LogP contribution in [0.1, 0.15) is 38.2 Å². The first-order valence-electron chi connectivity index (χ1n) is 5.92. The van der Waals surface area contributed by atoms with E-state index in [9.17, 15) is 0 Å². The van der Waals surface area contributed by atoms with Gasteiger partial charge in [0.1, 0.15) is 0 Å². The topological polar surface area (TPSA) is 25.4 Å². The molecule has 3 nitrogen and oxygen atoms in total. The first-order chi connectivity index (χ1) is 7.58. The van der Waals surface area contributed by atoms with Gasteiger partial charge in [-0.2, -0.15) is 0 Å². The van der Waals surface area contributed by atoms with Gasteiger partial charge in [-0.15, -0.1) is 0 Å². The van der Waals surface area contributed by atoms with Gasteiger partial charge >= 0.3 is 0 Å². The second-order valence-corrected chi connectivity index (χ2v) is 4.96. The van der Waals surface area contributed by atoms with Crippen molar-refractivity contribution in [1.82, 2.24) is 4.98 Å². The summed E-state index contributed by atoms with van der Waals surface area (Å²) in [4.78, 5) is 6.48. The Bertz CT molecular complexity index is 370. The van der Waals surface area contributed by atoms with E-state index in [4.69, 9.17) is 4.74 Å². The third-order valence-corrected chi connectivity index (χ3v) is 2.76. The van der Waals surface area contributed by atoms with Crippen molar-refractivity contribution >= 4 is 5.82 Å². The van der Waals surface area contributed by atoms with E-state index in [-0.39, 0.29) is 0 Å². The Balaban J connectivity index is 2.29. The molecule has 0 radical (unpaired) electrons. The van der Waals surface area contributed by atoms with Crippen LogP contribution in [0.25, 0.3) is 0 Å². The van der Waals surface area contributed by atoms with Crippen LogP contribution in [0.15, 0.2) is 12.3 Å². The second kappa shape index (κ2) is 4.32. The van der Waals surface area contributed by atoms with Crippen LogP contribution in [0.5, 0.6) is 5.75 Å². The van der Waals surface area contributed by atoms with Crippen LogP contribution in [-0.4, -0.2) is 25.2 Å². The van der Waals surface area contributed by atoms with Crippen molar-refractivity contribution in [3.05, 3.63) is 17.8 Å². The van der Waals surface area contributed by atoms with Crippen LogP contribution in [0, 0.1) is 0 Å². The van der Waals surface area contributed by atoms with E-state index < -0.39 is 0 Å². The maximum atomic E-state index is 5.90. The molecule has 1 aliphatic carbocycles. The second-order valence-electron chi connectivity index (χ2n) is 4.96. The number of hydrogen-bond donors (Lipinski definition) is 0. The summed E-state index contributed by atoms with van der Waals surface area (Å²) < 4.78 is 5.90. The minimum absolute atomic E-state index is 0.419.